The largest absolute Gasteiger partial charge is 0.497 e. The molecule has 136 valence electrons. The fraction of sp³-hybridized carbons (Fsp3) is 0.167. The van der Waals surface area contributed by atoms with E-state index >= 15 is 0 Å². The Morgan fingerprint density at radius 2 is 2.04 bits per heavy atom. The number of carbonyl (C=O) groups is 1. The normalized spacial score (nSPS) is 11.0. The monoisotopic (exact) mass is 397 g/mol. The van der Waals surface area contributed by atoms with E-state index in [2.05, 4.69) is 10.1 Å². The first-order valence-electron chi connectivity index (χ1n) is 7.56. The summed E-state index contributed by atoms with van der Waals surface area (Å²) in [6.07, 6.45) is 0. The van der Waals surface area contributed by atoms with Gasteiger partial charge in [-0.1, -0.05) is 23.7 Å². The van der Waals surface area contributed by atoms with Crippen LogP contribution in [0.1, 0.15) is 15.2 Å². The van der Waals surface area contributed by atoms with E-state index in [0.717, 1.165) is 10.1 Å². The predicted octanol–water partition coefficient (Wildman–Crippen LogP) is 5.09. The predicted molar refractivity (Wildman–Crippen MR) is 97.6 cm³/mol. The van der Waals surface area contributed by atoms with Crippen LogP contribution in [0.15, 0.2) is 42.5 Å². The van der Waals surface area contributed by atoms with Crippen molar-refractivity contribution < 1.29 is 23.0 Å². The van der Waals surface area contributed by atoms with E-state index < -0.39 is 6.61 Å². The molecule has 26 heavy (non-hydrogen) atoms. The van der Waals surface area contributed by atoms with Crippen molar-refractivity contribution in [3.63, 3.8) is 0 Å². The van der Waals surface area contributed by atoms with Crippen LogP contribution in [0.5, 0.6) is 11.5 Å². The highest BCUT2D eigenvalue weighted by Crippen LogP contribution is 2.37. The Labute approximate surface area is 157 Å². The summed E-state index contributed by atoms with van der Waals surface area (Å²) >= 11 is 7.61. The van der Waals surface area contributed by atoms with Crippen LogP contribution in [0, 0.1) is 0 Å². The van der Waals surface area contributed by atoms with Crippen LogP contribution in [0.25, 0.3) is 10.1 Å². The maximum absolute atomic E-state index is 12.5. The Balaban J connectivity index is 1.74. The van der Waals surface area contributed by atoms with Crippen molar-refractivity contribution in [2.75, 3.05) is 7.11 Å². The van der Waals surface area contributed by atoms with Gasteiger partial charge in [-0.2, -0.15) is 8.78 Å². The highest BCUT2D eigenvalue weighted by atomic mass is 35.5. The molecular formula is C18H14ClF2NO3S. The van der Waals surface area contributed by atoms with Gasteiger partial charge in [0.2, 0.25) is 0 Å². The summed E-state index contributed by atoms with van der Waals surface area (Å²) in [5.74, 6) is 0.356. The molecule has 8 heteroatoms. The van der Waals surface area contributed by atoms with Crippen LogP contribution in [0.4, 0.5) is 8.78 Å². The van der Waals surface area contributed by atoms with E-state index in [4.69, 9.17) is 16.3 Å². The third-order valence-corrected chi connectivity index (χ3v) is 5.29. The standard InChI is InChI=1S/C18H14ClF2NO3S/c1-24-11-5-6-14-13(8-11)15(19)16(26-14)17(23)22-9-10-3-2-4-12(7-10)25-18(20)21/h2-8,18H,9H2,1H3,(H,22,23). The van der Waals surface area contributed by atoms with Gasteiger partial charge in [0.05, 0.1) is 12.1 Å². The van der Waals surface area contributed by atoms with E-state index in [0.29, 0.717) is 21.2 Å². The summed E-state index contributed by atoms with van der Waals surface area (Å²) in [7, 11) is 1.56. The molecule has 0 unspecified atom stereocenters. The Morgan fingerprint density at radius 1 is 1.23 bits per heavy atom. The molecule has 1 heterocycles. The summed E-state index contributed by atoms with van der Waals surface area (Å²) < 4.78 is 34.9. The molecular weight excluding hydrogens is 384 g/mol. The molecule has 1 N–H and O–H groups in total. The van der Waals surface area contributed by atoms with Crippen LogP contribution < -0.4 is 14.8 Å². The molecule has 0 radical (unpaired) electrons. The van der Waals surface area contributed by atoms with Crippen LogP contribution in [0.2, 0.25) is 5.02 Å². The van der Waals surface area contributed by atoms with Crippen molar-refractivity contribution in [2.45, 2.75) is 13.2 Å². The minimum Gasteiger partial charge on any atom is -0.497 e. The summed E-state index contributed by atoms with van der Waals surface area (Å²) in [6.45, 7) is -2.73. The highest BCUT2D eigenvalue weighted by Gasteiger charge is 2.17. The molecule has 0 saturated carbocycles. The molecule has 3 aromatic rings. The van der Waals surface area contributed by atoms with Crippen molar-refractivity contribution in [2.24, 2.45) is 0 Å². The lowest BCUT2D eigenvalue weighted by Crippen LogP contribution is -2.22. The Hall–Kier alpha value is -2.38. The van der Waals surface area contributed by atoms with Gasteiger partial charge in [0.15, 0.2) is 0 Å². The zero-order valence-corrected chi connectivity index (χ0v) is 15.2. The number of alkyl halides is 2. The van der Waals surface area contributed by atoms with Crippen LogP contribution >= 0.6 is 22.9 Å². The number of ether oxygens (including phenoxy) is 2. The quantitative estimate of drug-likeness (QED) is 0.630. The number of benzene rings is 2. The van der Waals surface area contributed by atoms with Gasteiger partial charge in [0, 0.05) is 16.6 Å². The summed E-state index contributed by atoms with van der Waals surface area (Å²) in [4.78, 5) is 12.8. The van der Waals surface area contributed by atoms with Gasteiger partial charge in [0.1, 0.15) is 16.4 Å². The van der Waals surface area contributed by atoms with Gasteiger partial charge < -0.3 is 14.8 Å². The second-order valence-electron chi connectivity index (χ2n) is 5.32. The second kappa shape index (κ2) is 7.88. The second-order valence-corrected chi connectivity index (χ2v) is 6.75. The van der Waals surface area contributed by atoms with Crippen LogP contribution in [0.3, 0.4) is 0 Å². The number of methoxy groups -OCH3 is 1. The molecule has 4 nitrogen and oxygen atoms in total. The first-order chi connectivity index (χ1) is 12.5. The van der Waals surface area contributed by atoms with Crippen molar-refractivity contribution in [1.29, 1.82) is 0 Å². The Kier molecular flexibility index (Phi) is 5.58. The first kappa shape index (κ1) is 18.4. The van der Waals surface area contributed by atoms with E-state index in [1.165, 1.54) is 23.5 Å². The van der Waals surface area contributed by atoms with Gasteiger partial charge in [-0.25, -0.2) is 0 Å². The summed E-state index contributed by atoms with van der Waals surface area (Å²) in [6, 6.07) is 11.6. The molecule has 1 aromatic heterocycles. The molecule has 1 amide bonds. The molecule has 0 aliphatic carbocycles. The zero-order valence-electron chi connectivity index (χ0n) is 13.6. The fourth-order valence-electron chi connectivity index (χ4n) is 2.41. The minimum absolute atomic E-state index is 0.0405. The van der Waals surface area contributed by atoms with E-state index in [9.17, 15) is 13.6 Å². The lowest BCUT2D eigenvalue weighted by molar-refractivity contribution is -0.0498. The van der Waals surface area contributed by atoms with Gasteiger partial charge in [0.25, 0.3) is 5.91 Å². The first-order valence-corrected chi connectivity index (χ1v) is 8.75. The zero-order chi connectivity index (χ0) is 18.7. The van der Waals surface area contributed by atoms with Gasteiger partial charge in [-0.3, -0.25) is 4.79 Å². The molecule has 0 saturated heterocycles. The van der Waals surface area contributed by atoms with Crippen molar-refractivity contribution >= 4 is 38.9 Å². The summed E-state index contributed by atoms with van der Waals surface area (Å²) in [5, 5.41) is 3.84. The minimum atomic E-state index is -2.89. The van der Waals surface area contributed by atoms with Crippen molar-refractivity contribution in [3.8, 4) is 11.5 Å². The number of thiophene rings is 1. The maximum Gasteiger partial charge on any atom is 0.387 e. The molecule has 0 atom stereocenters. The van der Waals surface area contributed by atoms with Gasteiger partial charge in [-0.05, 0) is 35.9 Å². The third kappa shape index (κ3) is 4.05. The molecule has 3 rings (SSSR count). The lowest BCUT2D eigenvalue weighted by Gasteiger charge is -2.08. The fourth-order valence-corrected chi connectivity index (χ4v) is 3.82. The molecule has 0 aliphatic rings. The average Bonchev–Trinajstić information content (AvgIpc) is 2.95. The number of nitrogens with one attached hydrogen (secondary N) is 1. The number of rotatable bonds is 6. The van der Waals surface area contributed by atoms with Crippen molar-refractivity contribution in [3.05, 3.63) is 57.9 Å². The molecule has 0 aliphatic heterocycles. The SMILES string of the molecule is COc1ccc2sc(C(=O)NCc3cccc(OC(F)F)c3)c(Cl)c2c1. The number of amides is 1. The maximum atomic E-state index is 12.5. The topological polar surface area (TPSA) is 47.6 Å². The van der Waals surface area contributed by atoms with Crippen molar-refractivity contribution in [1.82, 2.24) is 5.32 Å². The average molecular weight is 398 g/mol. The third-order valence-electron chi connectivity index (χ3n) is 3.62. The van der Waals surface area contributed by atoms with Crippen LogP contribution in [-0.4, -0.2) is 19.6 Å². The number of carbonyl (C=O) groups excluding carboxylic acids is 1. The molecule has 0 spiro atoms. The van der Waals surface area contributed by atoms with Gasteiger partial charge in [-0.15, -0.1) is 11.3 Å². The Morgan fingerprint density at radius 3 is 2.77 bits per heavy atom. The lowest BCUT2D eigenvalue weighted by atomic mass is 10.2. The van der Waals surface area contributed by atoms with Gasteiger partial charge >= 0.3 is 6.61 Å². The summed E-state index contributed by atoms with van der Waals surface area (Å²) in [5.41, 5.74) is 0.635. The smallest absolute Gasteiger partial charge is 0.387 e. The molecule has 2 aromatic carbocycles. The number of hydrogen-bond acceptors (Lipinski definition) is 4. The van der Waals surface area contributed by atoms with E-state index in [-0.39, 0.29) is 18.2 Å². The molecule has 0 bridgehead atoms. The number of halogens is 3. The molecule has 0 fully saturated rings. The van der Waals surface area contributed by atoms with E-state index in [1.54, 1.807) is 31.4 Å². The van der Waals surface area contributed by atoms with Crippen LogP contribution in [-0.2, 0) is 6.54 Å². The van der Waals surface area contributed by atoms with E-state index in [1.807, 2.05) is 6.07 Å². The number of fused-ring (bicyclic) bond motifs is 1. The highest BCUT2D eigenvalue weighted by molar-refractivity contribution is 7.21. The number of hydrogen-bond donors (Lipinski definition) is 1. The Bertz CT molecular complexity index is 945.